The molecule has 1 atom stereocenters. The van der Waals surface area contributed by atoms with Crippen LogP contribution in [0.4, 0.5) is 5.69 Å². The first-order valence-corrected chi connectivity index (χ1v) is 11.2. The van der Waals surface area contributed by atoms with Crippen LogP contribution < -0.4 is 14.8 Å². The topological polar surface area (TPSA) is 80.3 Å². The number of nitrogens with one attached hydrogen (secondary N) is 2. The Morgan fingerprint density at radius 3 is 2.61 bits per heavy atom. The largest absolute Gasteiger partial charge is 0.479 e. The number of nitrogens with zero attached hydrogens (tertiary/aromatic N) is 1. The Morgan fingerprint density at radius 1 is 1.29 bits per heavy atom. The molecule has 0 bridgehead atoms. The second kappa shape index (κ2) is 8.49. The summed E-state index contributed by atoms with van der Waals surface area (Å²) >= 11 is 0. The quantitative estimate of drug-likeness (QED) is 0.766. The number of fused-ring (bicyclic) bond motifs is 1. The molecule has 0 radical (unpaired) electrons. The molecule has 2 heterocycles. The van der Waals surface area contributed by atoms with E-state index < -0.39 is 10.0 Å². The summed E-state index contributed by atoms with van der Waals surface area (Å²) < 4.78 is 33.8. The highest BCUT2D eigenvalue weighted by molar-refractivity contribution is 7.92. The van der Waals surface area contributed by atoms with Gasteiger partial charge < -0.3 is 10.1 Å². The van der Waals surface area contributed by atoms with Crippen LogP contribution in [0.5, 0.6) is 5.88 Å². The van der Waals surface area contributed by atoms with Gasteiger partial charge in [0.2, 0.25) is 5.88 Å². The van der Waals surface area contributed by atoms with Crippen molar-refractivity contribution < 1.29 is 13.2 Å². The number of benzene rings is 1. The van der Waals surface area contributed by atoms with E-state index in [-0.39, 0.29) is 10.8 Å². The first-order valence-electron chi connectivity index (χ1n) is 9.77. The molecule has 3 rings (SSSR count). The van der Waals surface area contributed by atoms with Crippen molar-refractivity contribution in [2.75, 3.05) is 11.8 Å². The zero-order valence-corrected chi connectivity index (χ0v) is 17.8. The number of hydrogen-bond acceptors (Lipinski definition) is 5. The highest BCUT2D eigenvalue weighted by atomic mass is 32.2. The minimum Gasteiger partial charge on any atom is -0.479 e. The number of aromatic nitrogens is 1. The van der Waals surface area contributed by atoms with E-state index in [9.17, 15) is 8.42 Å². The molecule has 7 heteroatoms. The fourth-order valence-corrected chi connectivity index (χ4v) is 4.48. The Labute approximate surface area is 167 Å². The summed E-state index contributed by atoms with van der Waals surface area (Å²) in [6.45, 7) is 6.97. The lowest BCUT2D eigenvalue weighted by atomic mass is 10.0. The van der Waals surface area contributed by atoms with Gasteiger partial charge >= 0.3 is 0 Å². The van der Waals surface area contributed by atoms with Gasteiger partial charge in [-0.1, -0.05) is 32.9 Å². The molecule has 0 fully saturated rings. The minimum absolute atomic E-state index is 0.224. The number of hydrogen-bond donors (Lipinski definition) is 2. The van der Waals surface area contributed by atoms with Crippen molar-refractivity contribution in [1.29, 1.82) is 0 Å². The number of rotatable bonds is 6. The smallest absolute Gasteiger partial charge is 0.262 e. The Balaban J connectivity index is 1.90. The van der Waals surface area contributed by atoms with Crippen LogP contribution in [-0.2, 0) is 23.0 Å². The summed E-state index contributed by atoms with van der Waals surface area (Å²) in [5.41, 5.74) is 3.44. The van der Waals surface area contributed by atoms with E-state index in [4.69, 9.17) is 4.74 Å². The highest BCUT2D eigenvalue weighted by Gasteiger charge is 2.22. The summed E-state index contributed by atoms with van der Waals surface area (Å²) in [5, 5.41) is 3.49. The molecule has 1 unspecified atom stereocenters. The van der Waals surface area contributed by atoms with Gasteiger partial charge in [-0.15, -0.1) is 0 Å². The van der Waals surface area contributed by atoms with Gasteiger partial charge in [-0.2, -0.15) is 0 Å². The van der Waals surface area contributed by atoms with Gasteiger partial charge in [-0.05, 0) is 54.5 Å². The van der Waals surface area contributed by atoms with E-state index >= 15 is 0 Å². The van der Waals surface area contributed by atoms with Gasteiger partial charge in [0, 0.05) is 12.6 Å². The van der Waals surface area contributed by atoms with E-state index in [1.807, 2.05) is 18.2 Å². The van der Waals surface area contributed by atoms with Crippen LogP contribution in [0.15, 0.2) is 35.2 Å². The molecule has 2 N–H and O–H groups in total. The molecule has 1 aliphatic rings. The van der Waals surface area contributed by atoms with Crippen molar-refractivity contribution >= 4 is 15.7 Å². The monoisotopic (exact) mass is 403 g/mol. The zero-order chi connectivity index (χ0) is 20.3. The standard InChI is InChI=1S/C21H29N3O3S/c1-5-17-9-6-16-12-19(21(27-4)23-20(16)13-22-17)24-28(25,26)18-10-7-15(8-11-18)14(2)3/h7-8,10-12,14,17,22,24H,5-6,9,13H2,1-4H3. The molecule has 0 saturated carbocycles. The maximum atomic E-state index is 12.9. The average Bonchev–Trinajstić information content (AvgIpc) is 2.88. The predicted molar refractivity (Wildman–Crippen MR) is 111 cm³/mol. The Hall–Kier alpha value is -2.12. The van der Waals surface area contributed by atoms with Crippen LogP contribution in [0.25, 0.3) is 0 Å². The first kappa shape index (κ1) is 20.6. The van der Waals surface area contributed by atoms with Crippen molar-refractivity contribution in [3.63, 3.8) is 0 Å². The highest BCUT2D eigenvalue weighted by Crippen LogP contribution is 2.30. The van der Waals surface area contributed by atoms with Crippen LogP contribution in [0, 0.1) is 0 Å². The molecule has 152 valence electrons. The van der Waals surface area contributed by atoms with Gasteiger partial charge in [0.15, 0.2) is 0 Å². The van der Waals surface area contributed by atoms with Gasteiger partial charge in [-0.25, -0.2) is 13.4 Å². The first-order chi connectivity index (χ1) is 13.3. The second-order valence-electron chi connectivity index (χ2n) is 7.51. The Bertz CT molecular complexity index is 925. The summed E-state index contributed by atoms with van der Waals surface area (Å²) in [6, 6.07) is 9.28. The van der Waals surface area contributed by atoms with E-state index in [1.165, 1.54) is 7.11 Å². The fraction of sp³-hybridized carbons (Fsp3) is 0.476. The summed E-state index contributed by atoms with van der Waals surface area (Å²) in [7, 11) is -2.22. The molecule has 0 saturated heterocycles. The van der Waals surface area contributed by atoms with E-state index in [0.717, 1.165) is 36.1 Å². The summed E-state index contributed by atoms with van der Waals surface area (Å²) in [6.07, 6.45) is 2.91. The van der Waals surface area contributed by atoms with Crippen molar-refractivity contribution in [3.05, 3.63) is 47.2 Å². The number of sulfonamides is 1. The third kappa shape index (κ3) is 4.47. The Morgan fingerprint density at radius 2 is 2.00 bits per heavy atom. The number of methoxy groups -OCH3 is 1. The maximum Gasteiger partial charge on any atom is 0.262 e. The third-order valence-electron chi connectivity index (χ3n) is 5.26. The fourth-order valence-electron chi connectivity index (χ4n) is 3.43. The van der Waals surface area contributed by atoms with Crippen LogP contribution in [-0.4, -0.2) is 26.6 Å². The SMILES string of the molecule is CCC1CCc2cc(NS(=O)(=O)c3ccc(C(C)C)cc3)c(OC)nc2CN1. The van der Waals surface area contributed by atoms with Gasteiger partial charge in [-0.3, -0.25) is 4.72 Å². The van der Waals surface area contributed by atoms with Gasteiger partial charge in [0.05, 0.1) is 17.7 Å². The maximum absolute atomic E-state index is 12.9. The van der Waals surface area contributed by atoms with Crippen LogP contribution in [0.2, 0.25) is 0 Å². The van der Waals surface area contributed by atoms with Gasteiger partial charge in [0.25, 0.3) is 10.0 Å². The Kier molecular flexibility index (Phi) is 6.25. The lowest BCUT2D eigenvalue weighted by molar-refractivity contribution is 0.397. The molecule has 0 aliphatic carbocycles. The lowest BCUT2D eigenvalue weighted by Gasteiger charge is -2.15. The molecule has 28 heavy (non-hydrogen) atoms. The van der Waals surface area contributed by atoms with Gasteiger partial charge in [0.1, 0.15) is 5.69 Å². The van der Waals surface area contributed by atoms with Crippen LogP contribution in [0.1, 0.15) is 56.4 Å². The van der Waals surface area contributed by atoms with E-state index in [0.29, 0.717) is 24.2 Å². The second-order valence-corrected chi connectivity index (χ2v) is 9.19. The van der Waals surface area contributed by atoms with Crippen LogP contribution in [0.3, 0.4) is 0 Å². The summed E-state index contributed by atoms with van der Waals surface area (Å²) in [4.78, 5) is 4.79. The molecular weight excluding hydrogens is 374 g/mol. The molecule has 2 aromatic rings. The van der Waals surface area contributed by atoms with Crippen molar-refractivity contribution in [1.82, 2.24) is 10.3 Å². The third-order valence-corrected chi connectivity index (χ3v) is 6.65. The molecule has 1 aliphatic heterocycles. The molecule has 1 aromatic carbocycles. The van der Waals surface area contributed by atoms with Crippen molar-refractivity contribution in [3.8, 4) is 5.88 Å². The number of pyridine rings is 1. The minimum atomic E-state index is -3.73. The van der Waals surface area contributed by atoms with Crippen molar-refractivity contribution in [2.24, 2.45) is 0 Å². The van der Waals surface area contributed by atoms with E-state index in [1.54, 1.807) is 12.1 Å². The summed E-state index contributed by atoms with van der Waals surface area (Å²) in [5.74, 6) is 0.636. The van der Waals surface area contributed by atoms with Crippen molar-refractivity contribution in [2.45, 2.75) is 63.4 Å². The number of ether oxygens (including phenoxy) is 1. The molecule has 0 amide bonds. The zero-order valence-electron chi connectivity index (χ0n) is 17.0. The lowest BCUT2D eigenvalue weighted by Crippen LogP contribution is -2.26. The number of anilines is 1. The van der Waals surface area contributed by atoms with Crippen LogP contribution >= 0.6 is 0 Å². The average molecular weight is 404 g/mol. The molecular formula is C21H29N3O3S. The number of aryl methyl sites for hydroxylation is 1. The van der Waals surface area contributed by atoms with E-state index in [2.05, 4.69) is 35.8 Å². The molecule has 6 nitrogen and oxygen atoms in total. The predicted octanol–water partition coefficient (Wildman–Crippen LogP) is 3.83. The molecule has 1 aromatic heterocycles. The molecule has 0 spiro atoms. The normalized spacial score (nSPS) is 17.1.